The van der Waals surface area contributed by atoms with Gasteiger partial charge in [0.1, 0.15) is 6.10 Å². The number of ether oxygens (including phenoxy) is 2. The fraction of sp³-hybridized carbons (Fsp3) is 0.294. The van der Waals surface area contributed by atoms with Crippen molar-refractivity contribution < 1.29 is 38.9 Å². The largest absolute Gasteiger partial charge is 0.479 e. The van der Waals surface area contributed by atoms with E-state index in [4.69, 9.17) is 9.47 Å². The average Bonchev–Trinajstić information content (AvgIpc) is 3.51. The molecular weight excluding hydrogens is 629 g/mol. The molecule has 0 radical (unpaired) electrons. The normalized spacial score (nSPS) is 33.1. The highest BCUT2D eigenvalue weighted by atomic mass is 33.1. The van der Waals surface area contributed by atoms with Crippen molar-refractivity contribution in [2.45, 2.75) is 52.8 Å². The second-order valence-corrected chi connectivity index (χ2v) is 14.9. The van der Waals surface area contributed by atoms with Crippen LogP contribution in [0.4, 0.5) is 0 Å². The van der Waals surface area contributed by atoms with Gasteiger partial charge < -0.3 is 29.5 Å². The van der Waals surface area contributed by atoms with Crippen LogP contribution in [0.3, 0.4) is 0 Å². The molecule has 0 unspecified atom stereocenters. The van der Waals surface area contributed by atoms with Gasteiger partial charge in [0, 0.05) is 18.8 Å². The topological polar surface area (TPSA) is 134 Å². The minimum absolute atomic E-state index is 0.0654. The van der Waals surface area contributed by atoms with Gasteiger partial charge in [-0.3, -0.25) is 14.4 Å². The highest BCUT2D eigenvalue weighted by Crippen LogP contribution is 2.70. The van der Waals surface area contributed by atoms with Gasteiger partial charge in [-0.25, -0.2) is 4.79 Å². The zero-order chi connectivity index (χ0) is 31.8. The number of hydrogen-bond acceptors (Lipinski definition) is 9. The average molecular weight is 657 g/mol. The van der Waals surface area contributed by atoms with E-state index in [0.29, 0.717) is 5.57 Å². The first kappa shape index (κ1) is 29.2. The molecule has 2 aromatic carbocycles. The Morgan fingerprint density at radius 3 is 2.22 bits per heavy atom. The molecule has 12 heteroatoms. The zero-order valence-electron chi connectivity index (χ0n) is 24.2. The number of carbonyl (C=O) groups is 4. The molecule has 5 fully saturated rings. The van der Waals surface area contributed by atoms with E-state index in [1.54, 1.807) is 35.3 Å². The SMILES string of the molecule is O=C(Cc1ccccc1)O[C@H]1C=CC=C2C[C@@]34SS[C@]5(CC6=COC=C[C@H]([C@](O)(C(=O)O)c7ccccc7)[C@@H]6N5C3=O)C(=O)N4[C@@H]21. The van der Waals surface area contributed by atoms with Gasteiger partial charge in [0.15, 0.2) is 15.3 Å². The number of carboxylic acids is 1. The summed E-state index contributed by atoms with van der Waals surface area (Å²) in [5.74, 6) is -3.78. The van der Waals surface area contributed by atoms with Gasteiger partial charge in [0.25, 0.3) is 11.8 Å². The fourth-order valence-electron chi connectivity index (χ4n) is 7.73. The smallest absolute Gasteiger partial charge is 0.341 e. The molecule has 1 aliphatic carbocycles. The van der Waals surface area contributed by atoms with E-state index in [1.807, 2.05) is 36.4 Å². The maximum atomic E-state index is 14.9. The molecule has 2 amide bonds. The quantitative estimate of drug-likeness (QED) is 0.351. The number of amides is 2. The molecule has 9 rings (SSSR count). The Labute approximate surface area is 271 Å². The van der Waals surface area contributed by atoms with Crippen LogP contribution in [0.1, 0.15) is 24.0 Å². The number of aliphatic hydroxyl groups is 1. The van der Waals surface area contributed by atoms with Crippen molar-refractivity contribution in [2.24, 2.45) is 5.92 Å². The molecule has 6 heterocycles. The van der Waals surface area contributed by atoms with Crippen LogP contribution in [-0.4, -0.2) is 71.7 Å². The summed E-state index contributed by atoms with van der Waals surface area (Å²) in [6.45, 7) is 0. The number of aliphatic carboxylic acids is 1. The van der Waals surface area contributed by atoms with E-state index in [0.717, 1.165) is 11.1 Å². The number of allylic oxidation sites excluding steroid dienone is 2. The van der Waals surface area contributed by atoms with E-state index in [-0.39, 0.29) is 36.6 Å². The predicted molar refractivity (Wildman–Crippen MR) is 168 cm³/mol. The Balaban J connectivity index is 1.17. The molecule has 0 aromatic heterocycles. The van der Waals surface area contributed by atoms with Crippen LogP contribution < -0.4 is 0 Å². The van der Waals surface area contributed by atoms with E-state index >= 15 is 0 Å². The highest BCUT2D eigenvalue weighted by molar-refractivity contribution is 8.78. The van der Waals surface area contributed by atoms with Crippen LogP contribution in [0.5, 0.6) is 0 Å². The molecular formula is C34H28N2O8S2. The van der Waals surface area contributed by atoms with Crippen LogP contribution in [0, 0.1) is 5.92 Å². The van der Waals surface area contributed by atoms with Crippen molar-refractivity contribution in [3.8, 4) is 0 Å². The molecule has 10 nitrogen and oxygen atoms in total. The van der Waals surface area contributed by atoms with E-state index in [2.05, 4.69) is 0 Å². The molecule has 5 saturated heterocycles. The third kappa shape index (κ3) is 3.90. The van der Waals surface area contributed by atoms with Crippen LogP contribution in [0.2, 0.25) is 0 Å². The minimum atomic E-state index is -2.44. The summed E-state index contributed by atoms with van der Waals surface area (Å²) >= 11 is 0. The molecule has 0 saturated carbocycles. The van der Waals surface area contributed by atoms with Gasteiger partial charge in [-0.05, 0) is 34.4 Å². The van der Waals surface area contributed by atoms with Gasteiger partial charge in [-0.15, -0.1) is 0 Å². The Bertz CT molecular complexity index is 1790. The number of carboxylic acid groups (broad SMARTS) is 1. The lowest BCUT2D eigenvalue weighted by molar-refractivity contribution is -0.176. The summed E-state index contributed by atoms with van der Waals surface area (Å²) in [6, 6.07) is 15.7. The van der Waals surface area contributed by atoms with Crippen LogP contribution >= 0.6 is 21.6 Å². The molecule has 2 bridgehead atoms. The second kappa shape index (κ2) is 10.4. The summed E-state index contributed by atoms with van der Waals surface area (Å²) in [4.78, 5) is 56.0. The fourth-order valence-corrected chi connectivity index (χ4v) is 11.4. The lowest BCUT2D eigenvalue weighted by Crippen LogP contribution is -2.77. The first-order valence-corrected chi connectivity index (χ1v) is 17.0. The number of esters is 1. The summed E-state index contributed by atoms with van der Waals surface area (Å²) in [5.41, 5.74) is -0.162. The lowest BCUT2D eigenvalue weighted by atomic mass is 9.75. The molecule has 2 N–H and O–H groups in total. The van der Waals surface area contributed by atoms with E-state index in [9.17, 15) is 29.4 Å². The third-order valence-corrected chi connectivity index (χ3v) is 13.3. The van der Waals surface area contributed by atoms with Crippen LogP contribution in [0.15, 0.2) is 109 Å². The number of benzene rings is 2. The number of rotatable bonds is 6. The summed E-state index contributed by atoms with van der Waals surface area (Å²) in [5, 5.41) is 22.5. The number of carbonyl (C=O) groups excluding carboxylic acids is 3. The number of piperazine rings is 1. The van der Waals surface area contributed by atoms with Crippen molar-refractivity contribution in [3.05, 3.63) is 120 Å². The van der Waals surface area contributed by atoms with Crippen molar-refractivity contribution in [3.63, 3.8) is 0 Å². The van der Waals surface area contributed by atoms with Gasteiger partial charge >= 0.3 is 11.9 Å². The number of hydrogen-bond donors (Lipinski definition) is 2. The van der Waals surface area contributed by atoms with E-state index < -0.39 is 51.4 Å². The first-order valence-electron chi connectivity index (χ1n) is 14.9. The first-order chi connectivity index (χ1) is 22.2. The maximum Gasteiger partial charge on any atom is 0.341 e. The Kier molecular flexibility index (Phi) is 6.58. The van der Waals surface area contributed by atoms with Crippen molar-refractivity contribution in [1.82, 2.24) is 9.80 Å². The minimum Gasteiger partial charge on any atom is -0.479 e. The van der Waals surface area contributed by atoms with E-state index in [1.165, 1.54) is 57.2 Å². The summed E-state index contributed by atoms with van der Waals surface area (Å²) in [6.07, 6.45) is 9.20. The number of nitrogens with zero attached hydrogens (tertiary/aromatic N) is 2. The zero-order valence-corrected chi connectivity index (χ0v) is 25.9. The Hall–Kier alpha value is -4.26. The maximum absolute atomic E-state index is 14.9. The molecule has 6 aliphatic heterocycles. The van der Waals surface area contributed by atoms with Crippen molar-refractivity contribution in [1.29, 1.82) is 0 Å². The molecule has 46 heavy (non-hydrogen) atoms. The highest BCUT2D eigenvalue weighted by Gasteiger charge is 2.78. The number of fused-ring (bicyclic) bond motifs is 3. The Morgan fingerprint density at radius 1 is 0.913 bits per heavy atom. The van der Waals surface area contributed by atoms with Crippen molar-refractivity contribution in [2.75, 3.05) is 0 Å². The van der Waals surface area contributed by atoms with Gasteiger partial charge in [-0.2, -0.15) is 0 Å². The standard InChI is InChI=1S/C34H28N2O8S2/c37-26(16-20-8-3-1-4-9-20)44-25-13-7-10-21-17-32-29(38)35-27-22(18-33(35,46-45-32)30(39)36(32)28(21)25)19-43-15-14-24(27)34(42,31(40)41)23-11-5-2-6-12-23/h1-15,19,24-25,27-28,42H,16-18H2,(H,40,41)/t24-,25-,27+,28-,32+,33+,34-/m0/s1. The van der Waals surface area contributed by atoms with Crippen LogP contribution in [-0.2, 0) is 40.7 Å². The molecule has 7 atom stereocenters. The van der Waals surface area contributed by atoms with Crippen molar-refractivity contribution >= 4 is 45.3 Å². The lowest BCUT2D eigenvalue weighted by Gasteiger charge is -2.59. The second-order valence-electron chi connectivity index (χ2n) is 12.2. The van der Waals surface area contributed by atoms with Gasteiger partial charge in [-0.1, -0.05) is 94.4 Å². The molecule has 2 spiro atoms. The van der Waals surface area contributed by atoms with Crippen LogP contribution in [0.25, 0.3) is 0 Å². The van der Waals surface area contributed by atoms with Gasteiger partial charge in [0.05, 0.1) is 31.0 Å². The summed E-state index contributed by atoms with van der Waals surface area (Å²) < 4.78 is 11.6. The molecule has 234 valence electrons. The van der Waals surface area contributed by atoms with Gasteiger partial charge in [0.2, 0.25) is 0 Å². The summed E-state index contributed by atoms with van der Waals surface area (Å²) in [7, 11) is 2.61. The third-order valence-electron chi connectivity index (χ3n) is 9.73. The molecule has 7 aliphatic rings. The predicted octanol–water partition coefficient (Wildman–Crippen LogP) is 3.66. The molecule has 2 aromatic rings. The monoisotopic (exact) mass is 656 g/mol. The Morgan fingerprint density at radius 2 is 1.54 bits per heavy atom.